The normalized spacial score (nSPS) is 24.4. The summed E-state index contributed by atoms with van der Waals surface area (Å²) in [5, 5.41) is 15.4. The van der Waals surface area contributed by atoms with Gasteiger partial charge in [-0.05, 0) is 25.7 Å². The molecule has 2 aliphatic rings. The fourth-order valence-corrected chi connectivity index (χ4v) is 4.00. The van der Waals surface area contributed by atoms with E-state index in [-0.39, 0.29) is 11.2 Å². The third-order valence-corrected chi connectivity index (χ3v) is 5.24. The Kier molecular flexibility index (Phi) is 3.69. The number of rotatable bonds is 4. The molecule has 7 heteroatoms. The van der Waals surface area contributed by atoms with Crippen LogP contribution >= 0.6 is 23.1 Å². The first kappa shape index (κ1) is 12.2. The number of amides is 1. The van der Waals surface area contributed by atoms with E-state index in [0.29, 0.717) is 6.04 Å². The minimum atomic E-state index is -0.00535. The summed E-state index contributed by atoms with van der Waals surface area (Å²) in [4.78, 5) is 11.8. The molecule has 0 bridgehead atoms. The van der Waals surface area contributed by atoms with Gasteiger partial charge >= 0.3 is 0 Å². The Morgan fingerprint density at radius 2 is 2.17 bits per heavy atom. The highest BCUT2D eigenvalue weighted by molar-refractivity contribution is 8.02. The molecule has 1 aromatic rings. The average Bonchev–Trinajstić information content (AvgIpc) is 3.09. The van der Waals surface area contributed by atoms with E-state index in [4.69, 9.17) is 0 Å². The molecule has 0 radical (unpaired) electrons. The standard InChI is InChI=1S/C11H16N4OS2/c16-9-8(3-1-2-6-12-9)17-11-15-14-10(18-11)13-7-4-5-7/h7-8H,1-6H2,(H,12,16)(H,13,14)/t8-/m1/s1. The van der Waals surface area contributed by atoms with Crippen LogP contribution in [-0.2, 0) is 4.79 Å². The van der Waals surface area contributed by atoms with Gasteiger partial charge in [0.25, 0.3) is 0 Å². The number of hydrogen-bond donors (Lipinski definition) is 2. The Hall–Kier alpha value is -0.820. The van der Waals surface area contributed by atoms with Crippen molar-refractivity contribution in [2.45, 2.75) is 47.7 Å². The van der Waals surface area contributed by atoms with Gasteiger partial charge in [-0.15, -0.1) is 10.2 Å². The number of aromatic nitrogens is 2. The Morgan fingerprint density at radius 3 is 3.00 bits per heavy atom. The monoisotopic (exact) mass is 284 g/mol. The van der Waals surface area contributed by atoms with Gasteiger partial charge in [0, 0.05) is 12.6 Å². The van der Waals surface area contributed by atoms with E-state index in [0.717, 1.165) is 35.3 Å². The summed E-state index contributed by atoms with van der Waals surface area (Å²) in [6.07, 6.45) is 5.57. The van der Waals surface area contributed by atoms with Crippen molar-refractivity contribution in [3.63, 3.8) is 0 Å². The molecule has 98 valence electrons. The van der Waals surface area contributed by atoms with E-state index in [1.54, 1.807) is 23.1 Å². The van der Waals surface area contributed by atoms with E-state index >= 15 is 0 Å². The van der Waals surface area contributed by atoms with Crippen LogP contribution in [0.1, 0.15) is 32.1 Å². The van der Waals surface area contributed by atoms with Crippen molar-refractivity contribution >= 4 is 34.1 Å². The maximum Gasteiger partial charge on any atom is 0.233 e. The van der Waals surface area contributed by atoms with Crippen LogP contribution < -0.4 is 10.6 Å². The second kappa shape index (κ2) is 5.44. The van der Waals surface area contributed by atoms with Crippen LogP contribution in [-0.4, -0.2) is 33.9 Å². The first-order chi connectivity index (χ1) is 8.81. The zero-order valence-electron chi connectivity index (χ0n) is 10.0. The summed E-state index contributed by atoms with van der Waals surface area (Å²) in [5.74, 6) is 0.143. The molecule has 3 rings (SSSR count). The van der Waals surface area contributed by atoms with Crippen molar-refractivity contribution in [2.24, 2.45) is 0 Å². The Labute approximate surface area is 114 Å². The summed E-state index contributed by atoms with van der Waals surface area (Å²) in [7, 11) is 0. The summed E-state index contributed by atoms with van der Waals surface area (Å²) >= 11 is 3.10. The molecular weight excluding hydrogens is 268 g/mol. The molecule has 0 spiro atoms. The van der Waals surface area contributed by atoms with E-state index in [1.807, 2.05) is 0 Å². The van der Waals surface area contributed by atoms with E-state index in [9.17, 15) is 4.79 Å². The SMILES string of the molecule is O=C1NCCCC[C@H]1Sc1nnc(NC2CC2)s1. The molecule has 2 fully saturated rings. The first-order valence-electron chi connectivity index (χ1n) is 6.36. The molecule has 18 heavy (non-hydrogen) atoms. The number of nitrogens with one attached hydrogen (secondary N) is 2. The maximum absolute atomic E-state index is 11.8. The quantitative estimate of drug-likeness (QED) is 0.883. The highest BCUT2D eigenvalue weighted by Crippen LogP contribution is 2.33. The third-order valence-electron chi connectivity index (χ3n) is 3.04. The molecule has 0 unspecified atom stereocenters. The molecule has 1 atom stereocenters. The second-order valence-electron chi connectivity index (χ2n) is 4.69. The van der Waals surface area contributed by atoms with Crippen LogP contribution in [0.4, 0.5) is 5.13 Å². The van der Waals surface area contributed by atoms with Crippen LogP contribution in [0.3, 0.4) is 0 Å². The number of hydrogen-bond acceptors (Lipinski definition) is 6. The lowest BCUT2D eigenvalue weighted by atomic mass is 10.2. The number of nitrogens with zero attached hydrogens (tertiary/aromatic N) is 2. The van der Waals surface area contributed by atoms with Gasteiger partial charge in [0.15, 0.2) is 4.34 Å². The zero-order chi connectivity index (χ0) is 12.4. The Bertz CT molecular complexity index is 432. The molecule has 0 aromatic carbocycles. The minimum Gasteiger partial charge on any atom is -0.357 e. The maximum atomic E-state index is 11.8. The van der Waals surface area contributed by atoms with Crippen LogP contribution in [0.15, 0.2) is 4.34 Å². The van der Waals surface area contributed by atoms with Gasteiger partial charge in [0.2, 0.25) is 11.0 Å². The van der Waals surface area contributed by atoms with Crippen molar-refractivity contribution < 1.29 is 4.79 Å². The molecule has 1 saturated heterocycles. The van der Waals surface area contributed by atoms with Crippen LogP contribution in [0.25, 0.3) is 0 Å². The summed E-state index contributed by atoms with van der Waals surface area (Å²) in [5.41, 5.74) is 0. The number of anilines is 1. The summed E-state index contributed by atoms with van der Waals surface area (Å²) in [6, 6.07) is 0.594. The minimum absolute atomic E-state index is 0.00535. The van der Waals surface area contributed by atoms with E-state index in [1.165, 1.54) is 12.8 Å². The van der Waals surface area contributed by atoms with Crippen molar-refractivity contribution in [2.75, 3.05) is 11.9 Å². The largest absolute Gasteiger partial charge is 0.357 e. The molecule has 1 saturated carbocycles. The van der Waals surface area contributed by atoms with Gasteiger partial charge < -0.3 is 10.6 Å². The molecule has 5 nitrogen and oxygen atoms in total. The molecule has 2 N–H and O–H groups in total. The average molecular weight is 284 g/mol. The number of carbonyl (C=O) groups excluding carboxylic acids is 1. The molecule has 1 aromatic heterocycles. The van der Waals surface area contributed by atoms with E-state index in [2.05, 4.69) is 20.8 Å². The summed E-state index contributed by atoms with van der Waals surface area (Å²) < 4.78 is 0.889. The van der Waals surface area contributed by atoms with E-state index < -0.39 is 0 Å². The van der Waals surface area contributed by atoms with Crippen molar-refractivity contribution in [1.82, 2.24) is 15.5 Å². The van der Waals surface area contributed by atoms with Gasteiger partial charge in [-0.25, -0.2) is 0 Å². The first-order valence-corrected chi connectivity index (χ1v) is 8.05. The van der Waals surface area contributed by atoms with Crippen LogP contribution in [0.5, 0.6) is 0 Å². The predicted octanol–water partition coefficient (Wildman–Crippen LogP) is 1.87. The van der Waals surface area contributed by atoms with Crippen LogP contribution in [0, 0.1) is 0 Å². The van der Waals surface area contributed by atoms with Gasteiger partial charge in [0.05, 0.1) is 5.25 Å². The van der Waals surface area contributed by atoms with Crippen molar-refractivity contribution in [3.8, 4) is 0 Å². The van der Waals surface area contributed by atoms with Gasteiger partial charge in [-0.3, -0.25) is 4.79 Å². The van der Waals surface area contributed by atoms with Crippen molar-refractivity contribution in [3.05, 3.63) is 0 Å². The van der Waals surface area contributed by atoms with Gasteiger partial charge in [0.1, 0.15) is 0 Å². The molecule has 1 aliphatic heterocycles. The molecule has 1 amide bonds. The lowest BCUT2D eigenvalue weighted by molar-refractivity contribution is -0.120. The lowest BCUT2D eigenvalue weighted by Crippen LogP contribution is -2.30. The summed E-state index contributed by atoms with van der Waals surface area (Å²) in [6.45, 7) is 0.806. The molecule has 1 aliphatic carbocycles. The zero-order valence-corrected chi connectivity index (χ0v) is 11.6. The van der Waals surface area contributed by atoms with Gasteiger partial charge in [-0.2, -0.15) is 0 Å². The third kappa shape index (κ3) is 3.14. The highest BCUT2D eigenvalue weighted by atomic mass is 32.2. The number of carbonyl (C=O) groups is 1. The Balaban J connectivity index is 1.59. The van der Waals surface area contributed by atoms with Crippen molar-refractivity contribution in [1.29, 1.82) is 0 Å². The molecular formula is C11H16N4OS2. The van der Waals surface area contributed by atoms with Gasteiger partial charge in [-0.1, -0.05) is 29.5 Å². The topological polar surface area (TPSA) is 66.9 Å². The fraction of sp³-hybridized carbons (Fsp3) is 0.727. The lowest BCUT2D eigenvalue weighted by Gasteiger charge is -2.09. The number of thioether (sulfide) groups is 1. The fourth-order valence-electron chi connectivity index (χ4n) is 1.86. The molecule has 2 heterocycles. The predicted molar refractivity (Wildman–Crippen MR) is 73.1 cm³/mol. The highest BCUT2D eigenvalue weighted by Gasteiger charge is 2.25. The Morgan fingerprint density at radius 1 is 1.28 bits per heavy atom. The van der Waals surface area contributed by atoms with Crippen LogP contribution in [0.2, 0.25) is 0 Å². The second-order valence-corrected chi connectivity index (χ2v) is 7.11. The smallest absolute Gasteiger partial charge is 0.233 e.